The molecule has 0 aromatic heterocycles. The molecule has 4 N–H and O–H groups in total. The van der Waals surface area contributed by atoms with Crippen LogP contribution in [-0.4, -0.2) is 5.21 Å². The molecule has 0 atom stereocenters. The maximum Gasteiger partial charge on any atom is -0.0624 e. The minimum Gasteiger partial charge on any atom is -0.291 e. The molecular formula is H4N2O2. The summed E-state index contributed by atoms with van der Waals surface area (Å²) in [5.74, 6) is 4.17. The Kier molecular flexibility index (Phi) is 2.73. The third kappa shape index (κ3) is 1.84. The topological polar surface area (TPSA) is 67.5 Å². The third-order valence-electron chi connectivity index (χ3n) is 0.0527. The van der Waals surface area contributed by atoms with E-state index in [1.807, 2.05) is 0 Å². The maximum absolute atomic E-state index is 7.28. The van der Waals surface area contributed by atoms with Gasteiger partial charge in [-0.15, -0.1) is 0 Å². The summed E-state index contributed by atoms with van der Waals surface area (Å²) in [6.07, 6.45) is 0. The fraction of sp³-hybridized carbons (Fsp3) is 0. The quantitative estimate of drug-likeness (QED) is 0.334. The van der Waals surface area contributed by atoms with Crippen molar-refractivity contribution < 1.29 is 10.1 Å². The van der Waals surface area contributed by atoms with Crippen molar-refractivity contribution in [2.45, 2.75) is 0 Å². The van der Waals surface area contributed by atoms with Crippen molar-refractivity contribution in [2.75, 3.05) is 0 Å². The number of rotatable bonds is 1. The van der Waals surface area contributed by atoms with E-state index in [9.17, 15) is 0 Å². The van der Waals surface area contributed by atoms with Crippen LogP contribution in [0.15, 0.2) is 0 Å². The molecule has 0 aliphatic heterocycles. The Morgan fingerprint density at radius 3 is 2.25 bits per heavy atom. The van der Waals surface area contributed by atoms with Crippen molar-refractivity contribution >= 4 is 0 Å². The maximum atomic E-state index is 7.28. The number of nitrogens with one attached hydrogen (secondary N) is 1. The lowest BCUT2D eigenvalue weighted by Gasteiger charge is -1.78. The van der Waals surface area contributed by atoms with E-state index >= 15 is 0 Å². The van der Waals surface area contributed by atoms with E-state index in [-0.39, 0.29) is 0 Å². The van der Waals surface area contributed by atoms with Gasteiger partial charge in [0.15, 0.2) is 0 Å². The molecule has 0 aromatic rings. The largest absolute Gasteiger partial charge is 0.291 e. The summed E-state index contributed by atoms with van der Waals surface area (Å²) in [6, 6.07) is 0. The summed E-state index contributed by atoms with van der Waals surface area (Å²) < 4.78 is 0. The molecule has 0 saturated carbocycles. The van der Waals surface area contributed by atoms with Gasteiger partial charge < -0.3 is 0 Å². The minimum absolute atomic E-state index is 1.21. The van der Waals surface area contributed by atoms with E-state index in [0.29, 0.717) is 0 Å². The fourth-order valence-corrected chi connectivity index (χ4v) is 0. The molecule has 0 bridgehead atoms. The standard InChI is InChI=1S/H4N2O2/c1-4-2-3/h2-3H,1H2. The zero-order chi connectivity index (χ0) is 3.41. The Labute approximate surface area is 23.0 Å². The second-order valence-electron chi connectivity index (χ2n) is 0.209. The molecule has 0 spiro atoms. The lowest BCUT2D eigenvalue weighted by atomic mass is 13.1. The summed E-state index contributed by atoms with van der Waals surface area (Å²) >= 11 is 0. The van der Waals surface area contributed by atoms with Gasteiger partial charge in [0.25, 0.3) is 0 Å². The Balaban J connectivity index is 1.97. The zero-order valence-corrected chi connectivity index (χ0v) is 1.93. The molecule has 0 radical (unpaired) electrons. The average molecular weight is 64.0 g/mol. The normalized spacial score (nSPS) is 7.50. The van der Waals surface area contributed by atoms with Gasteiger partial charge in [0.2, 0.25) is 0 Å². The number of hydrogen-bond acceptors (Lipinski definition) is 4. The molecule has 0 fully saturated rings. The molecule has 4 heteroatoms. The van der Waals surface area contributed by atoms with Crippen molar-refractivity contribution in [3.63, 3.8) is 0 Å². The first kappa shape index (κ1) is 3.84. The molecule has 0 aromatic carbocycles. The van der Waals surface area contributed by atoms with Crippen molar-refractivity contribution in [2.24, 2.45) is 5.90 Å². The van der Waals surface area contributed by atoms with Crippen molar-refractivity contribution in [3.8, 4) is 0 Å². The smallest absolute Gasteiger partial charge is 0.0624 e. The van der Waals surface area contributed by atoms with Gasteiger partial charge in [0, 0.05) is 0 Å². The zero-order valence-electron chi connectivity index (χ0n) is 1.93. The van der Waals surface area contributed by atoms with E-state index in [4.69, 9.17) is 5.21 Å². The lowest BCUT2D eigenvalue weighted by molar-refractivity contribution is -0.129. The van der Waals surface area contributed by atoms with E-state index in [1.165, 1.54) is 5.64 Å². The van der Waals surface area contributed by atoms with E-state index in [2.05, 4.69) is 10.8 Å². The fourth-order valence-electron chi connectivity index (χ4n) is 0. The van der Waals surface area contributed by atoms with Crippen LogP contribution in [-0.2, 0) is 4.94 Å². The van der Waals surface area contributed by atoms with Crippen LogP contribution in [0.3, 0.4) is 0 Å². The van der Waals surface area contributed by atoms with E-state index in [1.54, 1.807) is 0 Å². The summed E-state index contributed by atoms with van der Waals surface area (Å²) in [5, 5.41) is 7.28. The Bertz CT molecular complexity index is 6.00. The van der Waals surface area contributed by atoms with Gasteiger partial charge in [-0.25, -0.2) is 0 Å². The van der Waals surface area contributed by atoms with Gasteiger partial charge >= 0.3 is 0 Å². The first-order valence-corrected chi connectivity index (χ1v) is 0.663. The highest BCUT2D eigenvalue weighted by Crippen LogP contribution is 1.20. The predicted octanol–water partition coefficient (Wildman–Crippen LogP) is -1.23. The Morgan fingerprint density at radius 1 is 2.00 bits per heavy atom. The third-order valence-corrected chi connectivity index (χ3v) is 0.0527. The Hall–Kier alpha value is -0.160. The highest BCUT2D eigenvalue weighted by atomic mass is 16.9. The van der Waals surface area contributed by atoms with Gasteiger partial charge in [-0.1, -0.05) is 5.64 Å². The molecule has 0 rings (SSSR count). The Morgan fingerprint density at radius 2 is 2.25 bits per heavy atom. The van der Waals surface area contributed by atoms with Crippen LogP contribution in [0.4, 0.5) is 0 Å². The van der Waals surface area contributed by atoms with Gasteiger partial charge in [-0.3, -0.25) is 5.21 Å². The van der Waals surface area contributed by atoms with Crippen LogP contribution >= 0.6 is 0 Å². The van der Waals surface area contributed by atoms with Gasteiger partial charge in [0.1, 0.15) is 0 Å². The van der Waals surface area contributed by atoms with Crippen LogP contribution < -0.4 is 11.5 Å². The molecular weight excluding hydrogens is 60.0 g/mol. The van der Waals surface area contributed by atoms with Crippen LogP contribution in [0.25, 0.3) is 0 Å². The molecule has 0 amide bonds. The van der Waals surface area contributed by atoms with E-state index in [0.717, 1.165) is 0 Å². The summed E-state index contributed by atoms with van der Waals surface area (Å²) in [6.45, 7) is 0. The summed E-state index contributed by atoms with van der Waals surface area (Å²) in [5.41, 5.74) is 1.21. The van der Waals surface area contributed by atoms with Crippen LogP contribution in [0.2, 0.25) is 0 Å². The average Bonchev–Trinajstić information content (AvgIpc) is 1.37. The molecule has 0 aliphatic rings. The molecule has 4 heavy (non-hydrogen) atoms. The second-order valence-corrected chi connectivity index (χ2v) is 0.209. The van der Waals surface area contributed by atoms with Gasteiger partial charge in [0.05, 0.1) is 0 Å². The van der Waals surface area contributed by atoms with E-state index < -0.39 is 0 Å². The minimum atomic E-state index is 1.21. The number of nitrogens with two attached hydrogens (primary N) is 1. The first-order valence-electron chi connectivity index (χ1n) is 0.663. The second kappa shape index (κ2) is 2.84. The molecule has 4 nitrogen and oxygen atoms in total. The SMILES string of the molecule is NONO. The highest BCUT2D eigenvalue weighted by Gasteiger charge is 1.46. The van der Waals surface area contributed by atoms with Crippen LogP contribution in [0.1, 0.15) is 0 Å². The lowest BCUT2D eigenvalue weighted by Crippen LogP contribution is -2.12. The molecule has 26 valence electrons. The molecule has 0 heterocycles. The summed E-state index contributed by atoms with van der Waals surface area (Å²) in [4.78, 5) is 3.35. The molecule has 0 saturated heterocycles. The van der Waals surface area contributed by atoms with Crippen LogP contribution in [0.5, 0.6) is 0 Å². The van der Waals surface area contributed by atoms with Crippen LogP contribution in [0, 0.1) is 0 Å². The molecule has 0 unspecified atom stereocenters. The van der Waals surface area contributed by atoms with Gasteiger partial charge in [-0.2, -0.15) is 10.8 Å². The molecule has 0 aliphatic carbocycles. The first-order chi connectivity index (χ1) is 1.91. The van der Waals surface area contributed by atoms with Crippen molar-refractivity contribution in [3.05, 3.63) is 0 Å². The van der Waals surface area contributed by atoms with Crippen molar-refractivity contribution in [1.82, 2.24) is 5.64 Å². The van der Waals surface area contributed by atoms with Gasteiger partial charge in [-0.05, 0) is 0 Å². The highest BCUT2D eigenvalue weighted by molar-refractivity contribution is 3.33. The summed E-state index contributed by atoms with van der Waals surface area (Å²) in [7, 11) is 0. The predicted molar refractivity (Wildman–Crippen MR) is 10.2 cm³/mol. The monoisotopic (exact) mass is 64.0 g/mol. The van der Waals surface area contributed by atoms with Crippen molar-refractivity contribution in [1.29, 1.82) is 0 Å². The number of hydrogen-bond donors (Lipinski definition) is 3.